The lowest BCUT2D eigenvalue weighted by Crippen LogP contribution is -2.55. The van der Waals surface area contributed by atoms with Gasteiger partial charge in [-0.3, -0.25) is 4.79 Å². The van der Waals surface area contributed by atoms with Gasteiger partial charge in [0, 0.05) is 13.1 Å². The van der Waals surface area contributed by atoms with E-state index in [4.69, 9.17) is 4.74 Å². The lowest BCUT2D eigenvalue weighted by atomic mass is 9.89. The fraction of sp³-hybridized carbons (Fsp3) is 0.714. The summed E-state index contributed by atoms with van der Waals surface area (Å²) >= 11 is 0. The van der Waals surface area contributed by atoms with Crippen LogP contribution in [0.15, 0.2) is 12.7 Å². The smallest absolute Gasteiger partial charge is 0.250 e. The highest BCUT2D eigenvalue weighted by Crippen LogP contribution is 2.21. The maximum Gasteiger partial charge on any atom is 0.250 e. The topological polar surface area (TPSA) is 65.4 Å². The number of ether oxygens (including phenoxy) is 1. The van der Waals surface area contributed by atoms with Crippen molar-refractivity contribution in [1.82, 2.24) is 10.2 Å². The van der Waals surface area contributed by atoms with Crippen molar-refractivity contribution in [3.63, 3.8) is 0 Å². The molecule has 0 radical (unpaired) electrons. The third-order valence-corrected chi connectivity index (χ3v) is 3.48. The van der Waals surface area contributed by atoms with Gasteiger partial charge in [0.2, 0.25) is 5.91 Å². The number of hydrogen-bond donors (Lipinski definition) is 1. The van der Waals surface area contributed by atoms with Gasteiger partial charge in [0.25, 0.3) is 0 Å². The zero-order chi connectivity index (χ0) is 14.3. The first-order valence-electron chi connectivity index (χ1n) is 6.67. The number of likely N-dealkylation sites (tertiary alicyclic amines) is 1. The summed E-state index contributed by atoms with van der Waals surface area (Å²) in [7, 11) is 2.02. The van der Waals surface area contributed by atoms with Crippen LogP contribution in [0.2, 0.25) is 0 Å². The van der Waals surface area contributed by atoms with Crippen molar-refractivity contribution >= 4 is 5.91 Å². The normalized spacial score (nSPS) is 20.3. The molecule has 1 rings (SSSR count). The Kier molecular flexibility index (Phi) is 6.00. The van der Waals surface area contributed by atoms with E-state index in [9.17, 15) is 10.1 Å². The van der Waals surface area contributed by atoms with E-state index in [-0.39, 0.29) is 5.91 Å². The molecule has 0 aromatic rings. The van der Waals surface area contributed by atoms with Gasteiger partial charge in [-0.2, -0.15) is 5.26 Å². The van der Waals surface area contributed by atoms with Crippen LogP contribution in [0.4, 0.5) is 0 Å². The van der Waals surface area contributed by atoms with Gasteiger partial charge in [-0.25, -0.2) is 0 Å². The zero-order valence-corrected chi connectivity index (χ0v) is 11.8. The van der Waals surface area contributed by atoms with Gasteiger partial charge < -0.3 is 15.0 Å². The van der Waals surface area contributed by atoms with E-state index >= 15 is 0 Å². The van der Waals surface area contributed by atoms with Crippen molar-refractivity contribution in [2.45, 2.75) is 37.8 Å². The molecule has 0 saturated carbocycles. The first-order chi connectivity index (χ1) is 9.03. The molecule has 0 spiro atoms. The van der Waals surface area contributed by atoms with E-state index < -0.39 is 11.6 Å². The summed E-state index contributed by atoms with van der Waals surface area (Å²) in [6.07, 6.45) is 3.24. The Balaban J connectivity index is 2.49. The molecule has 1 aliphatic rings. The van der Waals surface area contributed by atoms with E-state index in [1.165, 1.54) is 0 Å². The Hall–Kier alpha value is -1.38. The summed E-state index contributed by atoms with van der Waals surface area (Å²) in [5.41, 5.74) is -0.736. The second-order valence-corrected chi connectivity index (χ2v) is 5.08. The van der Waals surface area contributed by atoms with Crippen LogP contribution in [0.25, 0.3) is 0 Å². The molecule has 1 N–H and O–H groups in total. The number of amides is 1. The van der Waals surface area contributed by atoms with E-state index in [1.54, 1.807) is 13.0 Å². The number of nitriles is 1. The molecule has 5 nitrogen and oxygen atoms in total. The lowest BCUT2D eigenvalue weighted by molar-refractivity contribution is -0.133. The number of nitrogens with zero attached hydrogens (tertiary/aromatic N) is 2. The number of nitrogens with one attached hydrogen (secondary N) is 1. The molecule has 1 heterocycles. The van der Waals surface area contributed by atoms with Crippen molar-refractivity contribution in [2.24, 2.45) is 0 Å². The van der Waals surface area contributed by atoms with Crippen LogP contribution < -0.4 is 5.32 Å². The molecule has 5 heteroatoms. The SMILES string of the molecule is C=CCCO[C@H](C)C(=O)NC1(C#N)CCN(C)CC1. The van der Waals surface area contributed by atoms with Gasteiger partial charge in [-0.15, -0.1) is 6.58 Å². The molecule has 0 bridgehead atoms. The fourth-order valence-electron chi connectivity index (χ4n) is 2.01. The minimum atomic E-state index is -0.736. The van der Waals surface area contributed by atoms with E-state index in [2.05, 4.69) is 22.9 Å². The van der Waals surface area contributed by atoms with Crippen molar-refractivity contribution < 1.29 is 9.53 Å². The number of carbonyl (C=O) groups excluding carboxylic acids is 1. The molecule has 1 atom stereocenters. The van der Waals surface area contributed by atoms with Gasteiger partial charge in [0.15, 0.2) is 0 Å². The average molecular weight is 265 g/mol. The third kappa shape index (κ3) is 4.66. The summed E-state index contributed by atoms with van der Waals surface area (Å²) in [4.78, 5) is 14.2. The van der Waals surface area contributed by atoms with Crippen LogP contribution in [0.1, 0.15) is 26.2 Å². The number of rotatable bonds is 6. The molecule has 19 heavy (non-hydrogen) atoms. The van der Waals surface area contributed by atoms with Crippen molar-refractivity contribution in [2.75, 3.05) is 26.7 Å². The maximum absolute atomic E-state index is 12.0. The summed E-state index contributed by atoms with van der Waals surface area (Å²) in [6.45, 7) is 7.42. The summed E-state index contributed by atoms with van der Waals surface area (Å²) in [6, 6.07) is 2.26. The van der Waals surface area contributed by atoms with Gasteiger partial charge >= 0.3 is 0 Å². The Morgan fingerprint density at radius 2 is 2.26 bits per heavy atom. The predicted octanol–water partition coefficient (Wildman–Crippen LogP) is 1.07. The lowest BCUT2D eigenvalue weighted by Gasteiger charge is -2.36. The molecule has 0 aromatic heterocycles. The first-order valence-corrected chi connectivity index (χ1v) is 6.67. The van der Waals surface area contributed by atoms with Crippen molar-refractivity contribution in [1.29, 1.82) is 5.26 Å². The number of piperidine rings is 1. The monoisotopic (exact) mass is 265 g/mol. The van der Waals surface area contributed by atoms with Crippen LogP contribution in [-0.2, 0) is 9.53 Å². The minimum Gasteiger partial charge on any atom is -0.368 e. The Labute approximate surface area is 115 Å². The van der Waals surface area contributed by atoms with Gasteiger partial charge in [-0.1, -0.05) is 6.08 Å². The maximum atomic E-state index is 12.0. The van der Waals surface area contributed by atoms with E-state index in [0.717, 1.165) is 13.1 Å². The highest BCUT2D eigenvalue weighted by atomic mass is 16.5. The molecule has 1 fully saturated rings. The second kappa shape index (κ2) is 7.27. The third-order valence-electron chi connectivity index (χ3n) is 3.48. The Morgan fingerprint density at radius 1 is 1.63 bits per heavy atom. The van der Waals surface area contributed by atoms with E-state index in [0.29, 0.717) is 25.9 Å². The summed E-state index contributed by atoms with van der Waals surface area (Å²) < 4.78 is 5.39. The molecule has 0 aliphatic carbocycles. The molecule has 0 unspecified atom stereocenters. The fourth-order valence-corrected chi connectivity index (χ4v) is 2.01. The Bertz CT molecular complexity index is 354. The highest BCUT2D eigenvalue weighted by Gasteiger charge is 2.36. The van der Waals surface area contributed by atoms with Crippen LogP contribution in [0.5, 0.6) is 0 Å². The highest BCUT2D eigenvalue weighted by molar-refractivity contribution is 5.81. The number of carbonyl (C=O) groups is 1. The molecule has 1 saturated heterocycles. The predicted molar refractivity (Wildman–Crippen MR) is 73.4 cm³/mol. The standard InChI is InChI=1S/C14H23N3O2/c1-4-5-10-19-12(2)13(18)16-14(11-15)6-8-17(3)9-7-14/h4,12H,1,5-10H2,2-3H3,(H,16,18)/t12-/m1/s1. The van der Waals surface area contributed by atoms with Crippen LogP contribution in [0.3, 0.4) is 0 Å². The first kappa shape index (κ1) is 15.7. The number of hydrogen-bond acceptors (Lipinski definition) is 4. The average Bonchev–Trinajstić information content (AvgIpc) is 2.42. The molecular formula is C14H23N3O2. The van der Waals surface area contributed by atoms with Crippen molar-refractivity contribution in [3.8, 4) is 6.07 Å². The Morgan fingerprint density at radius 3 is 2.79 bits per heavy atom. The van der Waals surface area contributed by atoms with Crippen LogP contribution >= 0.6 is 0 Å². The van der Waals surface area contributed by atoms with Gasteiger partial charge in [0.1, 0.15) is 11.6 Å². The summed E-state index contributed by atoms with van der Waals surface area (Å²) in [5, 5.41) is 12.2. The van der Waals surface area contributed by atoms with Crippen LogP contribution in [0, 0.1) is 11.3 Å². The van der Waals surface area contributed by atoms with Gasteiger partial charge in [0.05, 0.1) is 12.7 Å². The largest absolute Gasteiger partial charge is 0.368 e. The second-order valence-electron chi connectivity index (χ2n) is 5.08. The molecule has 1 aliphatic heterocycles. The summed E-state index contributed by atoms with van der Waals surface area (Å²) in [5.74, 6) is -0.213. The quantitative estimate of drug-likeness (QED) is 0.576. The van der Waals surface area contributed by atoms with Crippen molar-refractivity contribution in [3.05, 3.63) is 12.7 Å². The molecule has 1 amide bonds. The van der Waals surface area contributed by atoms with E-state index in [1.807, 2.05) is 7.05 Å². The van der Waals surface area contributed by atoms with Crippen LogP contribution in [-0.4, -0.2) is 49.2 Å². The molecular weight excluding hydrogens is 242 g/mol. The zero-order valence-electron chi connectivity index (χ0n) is 11.8. The molecule has 106 valence electrons. The minimum absolute atomic E-state index is 0.213. The molecule has 0 aromatic carbocycles. The van der Waals surface area contributed by atoms with Gasteiger partial charge in [-0.05, 0) is 33.2 Å².